The van der Waals surface area contributed by atoms with Crippen LogP contribution in [-0.4, -0.2) is 32.2 Å². The lowest BCUT2D eigenvalue weighted by molar-refractivity contribution is 0.232. The van der Waals surface area contributed by atoms with Gasteiger partial charge in [-0.15, -0.1) is 21.5 Å². The highest BCUT2D eigenvalue weighted by molar-refractivity contribution is 7.15. The summed E-state index contributed by atoms with van der Waals surface area (Å²) in [6.45, 7) is 3.80. The van der Waals surface area contributed by atoms with Crippen molar-refractivity contribution in [2.24, 2.45) is 10.9 Å². The van der Waals surface area contributed by atoms with E-state index in [1.165, 1.54) is 18.2 Å². The number of aliphatic imine (C=N–C) groups is 1. The third-order valence-corrected chi connectivity index (χ3v) is 6.72. The lowest BCUT2D eigenvalue weighted by Gasteiger charge is -2.12. The molecule has 5 rings (SSSR count). The van der Waals surface area contributed by atoms with Gasteiger partial charge in [-0.2, -0.15) is 0 Å². The van der Waals surface area contributed by atoms with Crippen molar-refractivity contribution in [2.75, 3.05) is 6.61 Å². The van der Waals surface area contributed by atoms with Gasteiger partial charge in [-0.1, -0.05) is 6.07 Å². The van der Waals surface area contributed by atoms with E-state index < -0.39 is 17.7 Å². The van der Waals surface area contributed by atoms with Crippen molar-refractivity contribution < 1.29 is 13.9 Å². The van der Waals surface area contributed by atoms with Gasteiger partial charge in [0.2, 0.25) is 0 Å². The van der Waals surface area contributed by atoms with Gasteiger partial charge in [-0.3, -0.25) is 9.56 Å². The molecule has 0 fully saturated rings. The summed E-state index contributed by atoms with van der Waals surface area (Å²) in [5.41, 5.74) is 1.97. The average Bonchev–Trinajstić information content (AvgIpc) is 3.30. The number of hydrogen-bond donors (Lipinski definition) is 1. The lowest BCUT2D eigenvalue weighted by Crippen LogP contribution is -2.13. The molecule has 0 saturated carbocycles. The highest BCUT2D eigenvalue weighted by Crippen LogP contribution is 2.44. The number of rotatable bonds is 2. The van der Waals surface area contributed by atoms with E-state index in [1.807, 2.05) is 18.4 Å². The van der Waals surface area contributed by atoms with Gasteiger partial charge in [-0.05, 0) is 50.3 Å². The van der Waals surface area contributed by atoms with Crippen LogP contribution in [0.3, 0.4) is 0 Å². The Balaban J connectivity index is 1.84. The van der Waals surface area contributed by atoms with E-state index in [9.17, 15) is 13.9 Å². The second-order valence-corrected chi connectivity index (χ2v) is 8.42. The van der Waals surface area contributed by atoms with Crippen molar-refractivity contribution in [3.63, 3.8) is 0 Å². The third-order valence-electron chi connectivity index (χ3n) is 5.48. The van der Waals surface area contributed by atoms with E-state index in [1.54, 1.807) is 11.3 Å². The van der Waals surface area contributed by atoms with Crippen LogP contribution in [0.5, 0.6) is 0 Å². The molecule has 1 aliphatic carbocycles. The fourth-order valence-electron chi connectivity index (χ4n) is 4.16. The van der Waals surface area contributed by atoms with Crippen molar-refractivity contribution in [2.45, 2.75) is 32.7 Å². The summed E-state index contributed by atoms with van der Waals surface area (Å²) < 4.78 is 31.4. The standard InChI is InChI=1S/C20H18F2N4OS/c1-9-19-25-24-10(2)26(19)20-16(12-6-11(8-27)7-15(12)28-20)18(23-9)17-13(21)4-3-5-14(17)22/h3-5,9,11,27H,6-8H2,1-2H3/t9-,11?/m0/s1. The van der Waals surface area contributed by atoms with Crippen LogP contribution in [0.1, 0.15) is 46.2 Å². The number of aromatic nitrogens is 3. The van der Waals surface area contributed by atoms with Gasteiger partial charge in [0.15, 0.2) is 5.82 Å². The van der Waals surface area contributed by atoms with Crippen molar-refractivity contribution in [3.05, 3.63) is 63.0 Å². The number of aliphatic hydroxyl groups is 1. The summed E-state index contributed by atoms with van der Waals surface area (Å²) in [5.74, 6) is 0.225. The number of aryl methyl sites for hydroxylation is 1. The zero-order valence-electron chi connectivity index (χ0n) is 15.4. The molecule has 0 bridgehead atoms. The van der Waals surface area contributed by atoms with Crippen LogP contribution in [0.4, 0.5) is 8.78 Å². The van der Waals surface area contributed by atoms with Gasteiger partial charge in [-0.25, -0.2) is 8.78 Å². The van der Waals surface area contributed by atoms with Crippen LogP contribution in [-0.2, 0) is 12.8 Å². The van der Waals surface area contributed by atoms with Crippen LogP contribution in [0, 0.1) is 24.5 Å². The second kappa shape index (κ2) is 6.28. The molecule has 1 aliphatic heterocycles. The average molecular weight is 400 g/mol. The van der Waals surface area contributed by atoms with E-state index in [0.717, 1.165) is 27.4 Å². The van der Waals surface area contributed by atoms with Crippen LogP contribution in [0.15, 0.2) is 23.2 Å². The Bertz CT molecular complexity index is 1110. The Kier molecular flexibility index (Phi) is 3.96. The quantitative estimate of drug-likeness (QED) is 0.716. The third kappa shape index (κ3) is 2.41. The molecule has 1 N–H and O–H groups in total. The van der Waals surface area contributed by atoms with E-state index in [4.69, 9.17) is 4.99 Å². The fraction of sp³-hybridized carbons (Fsp3) is 0.350. The van der Waals surface area contributed by atoms with E-state index >= 15 is 0 Å². The molecule has 0 radical (unpaired) electrons. The largest absolute Gasteiger partial charge is 0.396 e. The Morgan fingerprint density at radius 1 is 1.18 bits per heavy atom. The first kappa shape index (κ1) is 17.6. The van der Waals surface area contributed by atoms with Crippen molar-refractivity contribution in [1.29, 1.82) is 0 Å². The summed E-state index contributed by atoms with van der Waals surface area (Å²) in [6.07, 6.45) is 1.42. The van der Waals surface area contributed by atoms with Crippen molar-refractivity contribution >= 4 is 17.0 Å². The predicted octanol–water partition coefficient (Wildman–Crippen LogP) is 3.53. The number of aliphatic hydroxyl groups excluding tert-OH is 1. The van der Waals surface area contributed by atoms with Gasteiger partial charge in [0.05, 0.1) is 11.3 Å². The van der Waals surface area contributed by atoms with Crippen LogP contribution >= 0.6 is 11.3 Å². The van der Waals surface area contributed by atoms with Gasteiger partial charge < -0.3 is 5.11 Å². The van der Waals surface area contributed by atoms with Gasteiger partial charge in [0, 0.05) is 17.0 Å². The minimum absolute atomic E-state index is 0.0873. The minimum Gasteiger partial charge on any atom is -0.396 e. The number of hydrogen-bond acceptors (Lipinski definition) is 5. The first-order valence-electron chi connectivity index (χ1n) is 9.19. The Labute approximate surface area is 164 Å². The molecule has 3 heterocycles. The van der Waals surface area contributed by atoms with Crippen LogP contribution < -0.4 is 0 Å². The summed E-state index contributed by atoms with van der Waals surface area (Å²) in [6, 6.07) is 3.46. The van der Waals surface area contributed by atoms with Crippen LogP contribution in [0.25, 0.3) is 5.00 Å². The monoisotopic (exact) mass is 400 g/mol. The highest BCUT2D eigenvalue weighted by atomic mass is 32.1. The molecular formula is C20H18F2N4OS. The summed E-state index contributed by atoms with van der Waals surface area (Å²) in [4.78, 5) is 5.85. The Hall–Kier alpha value is -2.45. The SMILES string of the molecule is Cc1nnc2n1-c1sc3c(c1C(c1c(F)cccc1F)=N[C@H]2C)CC(CO)C3. The second-order valence-electron chi connectivity index (χ2n) is 7.33. The van der Waals surface area contributed by atoms with Gasteiger partial charge >= 0.3 is 0 Å². The Morgan fingerprint density at radius 2 is 1.93 bits per heavy atom. The van der Waals surface area contributed by atoms with Crippen molar-refractivity contribution in [1.82, 2.24) is 14.8 Å². The maximum absolute atomic E-state index is 14.7. The van der Waals surface area contributed by atoms with E-state index in [-0.39, 0.29) is 18.1 Å². The topological polar surface area (TPSA) is 63.3 Å². The number of nitrogens with zero attached hydrogens (tertiary/aromatic N) is 4. The molecule has 144 valence electrons. The molecule has 28 heavy (non-hydrogen) atoms. The molecule has 1 unspecified atom stereocenters. The molecule has 1 aromatic carbocycles. The van der Waals surface area contributed by atoms with Crippen LogP contribution in [0.2, 0.25) is 0 Å². The number of thiophene rings is 1. The molecule has 2 aliphatic rings. The first-order chi connectivity index (χ1) is 13.5. The lowest BCUT2D eigenvalue weighted by atomic mass is 9.97. The first-order valence-corrected chi connectivity index (χ1v) is 10.0. The molecule has 0 spiro atoms. The van der Waals surface area contributed by atoms with Crippen molar-refractivity contribution in [3.8, 4) is 5.00 Å². The molecule has 0 saturated heterocycles. The maximum Gasteiger partial charge on any atom is 0.162 e. The Morgan fingerprint density at radius 3 is 2.64 bits per heavy atom. The summed E-state index contributed by atoms with van der Waals surface area (Å²) >= 11 is 1.58. The van der Waals surface area contributed by atoms with E-state index in [0.29, 0.717) is 23.8 Å². The fourth-order valence-corrected chi connectivity index (χ4v) is 5.66. The number of benzene rings is 1. The normalized spacial score (nSPS) is 20.4. The van der Waals surface area contributed by atoms with Gasteiger partial charge in [0.1, 0.15) is 28.5 Å². The smallest absolute Gasteiger partial charge is 0.162 e. The molecule has 5 nitrogen and oxygen atoms in total. The maximum atomic E-state index is 14.7. The molecule has 2 atom stereocenters. The zero-order valence-corrected chi connectivity index (χ0v) is 16.2. The highest BCUT2D eigenvalue weighted by Gasteiger charge is 2.36. The number of fused-ring (bicyclic) bond motifs is 5. The molecule has 0 amide bonds. The van der Waals surface area contributed by atoms with E-state index in [2.05, 4.69) is 10.2 Å². The summed E-state index contributed by atoms with van der Waals surface area (Å²) in [5, 5.41) is 18.9. The number of halogens is 2. The molecular weight excluding hydrogens is 382 g/mol. The molecule has 8 heteroatoms. The minimum atomic E-state index is -0.636. The molecule has 2 aromatic heterocycles. The predicted molar refractivity (Wildman–Crippen MR) is 102 cm³/mol. The molecule has 3 aromatic rings. The zero-order chi connectivity index (χ0) is 19.6. The summed E-state index contributed by atoms with van der Waals surface area (Å²) in [7, 11) is 0. The van der Waals surface area contributed by atoms with Gasteiger partial charge in [0.25, 0.3) is 0 Å².